The van der Waals surface area contributed by atoms with Gasteiger partial charge in [-0.3, -0.25) is 0 Å². The summed E-state index contributed by atoms with van der Waals surface area (Å²) in [5.74, 6) is 0. The number of imidazole rings is 1. The van der Waals surface area contributed by atoms with Crippen LogP contribution in [0.1, 0.15) is 12.8 Å². The second kappa shape index (κ2) is 7.40. The highest BCUT2D eigenvalue weighted by Crippen LogP contribution is 2.24. The first kappa shape index (κ1) is 16.5. The lowest BCUT2D eigenvalue weighted by atomic mass is 10.3. The first-order valence-electron chi connectivity index (χ1n) is 6.39. The summed E-state index contributed by atoms with van der Waals surface area (Å²) in [4.78, 5) is 4.05. The van der Waals surface area contributed by atoms with E-state index >= 15 is 0 Å². The number of sulfonamides is 1. The quantitative estimate of drug-likeness (QED) is 0.737. The molecule has 0 amide bonds. The number of aromatic nitrogens is 2. The van der Waals surface area contributed by atoms with Crippen LogP contribution in [-0.4, -0.2) is 24.5 Å². The van der Waals surface area contributed by atoms with Crippen LogP contribution >= 0.6 is 27.5 Å². The second-order valence-electron chi connectivity index (χ2n) is 4.48. The number of halogens is 2. The number of unbranched alkanes of at least 4 members (excludes halogenated alkanes) is 1. The molecule has 1 aromatic heterocycles. The van der Waals surface area contributed by atoms with Gasteiger partial charge in [0.2, 0.25) is 10.0 Å². The first-order chi connectivity index (χ1) is 9.99. The van der Waals surface area contributed by atoms with Crippen molar-refractivity contribution in [1.82, 2.24) is 14.3 Å². The molecule has 0 bridgehead atoms. The monoisotopic (exact) mass is 391 g/mol. The highest BCUT2D eigenvalue weighted by molar-refractivity contribution is 9.10. The van der Waals surface area contributed by atoms with E-state index in [0.717, 1.165) is 23.9 Å². The van der Waals surface area contributed by atoms with E-state index in [9.17, 15) is 8.42 Å². The van der Waals surface area contributed by atoms with Crippen molar-refractivity contribution < 1.29 is 8.42 Å². The molecule has 0 unspecified atom stereocenters. The van der Waals surface area contributed by atoms with Crippen LogP contribution in [0.2, 0.25) is 5.02 Å². The van der Waals surface area contributed by atoms with Crippen LogP contribution in [0.25, 0.3) is 0 Å². The average molecular weight is 393 g/mol. The van der Waals surface area contributed by atoms with Crippen LogP contribution in [0.4, 0.5) is 0 Å². The van der Waals surface area contributed by atoms with Gasteiger partial charge in [-0.15, -0.1) is 0 Å². The molecule has 1 aromatic carbocycles. The minimum absolute atomic E-state index is 0.0991. The number of rotatable bonds is 7. The van der Waals surface area contributed by atoms with Crippen LogP contribution in [0.3, 0.4) is 0 Å². The van der Waals surface area contributed by atoms with Gasteiger partial charge in [0.25, 0.3) is 0 Å². The molecule has 0 aliphatic rings. The second-order valence-corrected chi connectivity index (χ2v) is 7.54. The predicted octanol–water partition coefficient (Wildman–Crippen LogP) is 3.06. The molecule has 0 saturated heterocycles. The summed E-state index contributed by atoms with van der Waals surface area (Å²) >= 11 is 9.21. The lowest BCUT2D eigenvalue weighted by molar-refractivity contribution is 0.566. The van der Waals surface area contributed by atoms with Crippen molar-refractivity contribution in [1.29, 1.82) is 0 Å². The van der Waals surface area contributed by atoms with Gasteiger partial charge in [0.05, 0.1) is 11.3 Å². The van der Waals surface area contributed by atoms with Crippen molar-refractivity contribution in [2.45, 2.75) is 24.3 Å². The van der Waals surface area contributed by atoms with Crippen LogP contribution in [0, 0.1) is 0 Å². The summed E-state index contributed by atoms with van der Waals surface area (Å²) in [5, 5.41) is 0.204. The van der Waals surface area contributed by atoms with E-state index in [-0.39, 0.29) is 9.92 Å². The fourth-order valence-corrected chi connectivity index (χ4v) is 3.93. The first-order valence-corrected chi connectivity index (χ1v) is 9.05. The van der Waals surface area contributed by atoms with E-state index in [0.29, 0.717) is 6.54 Å². The molecule has 21 heavy (non-hydrogen) atoms. The lowest BCUT2D eigenvalue weighted by Gasteiger charge is -2.08. The summed E-state index contributed by atoms with van der Waals surface area (Å²) in [6, 6.07) is 4.70. The Labute approximate surface area is 137 Å². The molecule has 0 spiro atoms. The molecule has 8 heteroatoms. The summed E-state index contributed by atoms with van der Waals surface area (Å²) in [7, 11) is -3.56. The highest BCUT2D eigenvalue weighted by atomic mass is 79.9. The predicted molar refractivity (Wildman–Crippen MR) is 85.8 cm³/mol. The van der Waals surface area contributed by atoms with Gasteiger partial charge in [-0.05, 0) is 31.0 Å². The fraction of sp³-hybridized carbons (Fsp3) is 0.308. The molecule has 0 atom stereocenters. The van der Waals surface area contributed by atoms with Crippen LogP contribution < -0.4 is 4.72 Å². The van der Waals surface area contributed by atoms with Crippen molar-refractivity contribution in [3.63, 3.8) is 0 Å². The van der Waals surface area contributed by atoms with Crippen LogP contribution in [0.5, 0.6) is 0 Å². The molecular formula is C13H15BrClN3O2S. The maximum absolute atomic E-state index is 12.1. The Bertz CT molecular complexity index is 689. The molecule has 2 rings (SSSR count). The number of benzene rings is 1. The van der Waals surface area contributed by atoms with E-state index in [2.05, 4.69) is 25.6 Å². The summed E-state index contributed by atoms with van der Waals surface area (Å²) in [5.41, 5.74) is 0. The molecule has 5 nitrogen and oxygen atoms in total. The lowest BCUT2D eigenvalue weighted by Crippen LogP contribution is -2.25. The third kappa shape index (κ3) is 4.81. The molecular weight excluding hydrogens is 378 g/mol. The number of hydrogen-bond donors (Lipinski definition) is 1. The van der Waals surface area contributed by atoms with Gasteiger partial charge < -0.3 is 4.57 Å². The standard InChI is InChI=1S/C13H15BrClN3O2S/c14-11-3-4-13(12(15)9-11)21(19,20)17-5-1-2-7-18-8-6-16-10-18/h3-4,6,8-10,17H,1-2,5,7H2. The molecule has 1 heterocycles. The fourth-order valence-electron chi connectivity index (χ4n) is 1.82. The number of hydrogen-bond acceptors (Lipinski definition) is 3. The van der Waals surface area contributed by atoms with Crippen molar-refractivity contribution >= 4 is 37.6 Å². The maximum atomic E-state index is 12.1. The Morgan fingerprint density at radius 1 is 1.33 bits per heavy atom. The van der Waals surface area contributed by atoms with Gasteiger partial charge in [-0.2, -0.15) is 0 Å². The molecule has 1 N–H and O–H groups in total. The molecule has 114 valence electrons. The van der Waals surface area contributed by atoms with Crippen molar-refractivity contribution in [3.05, 3.63) is 46.4 Å². The third-order valence-corrected chi connectivity index (χ3v) is 5.32. The Balaban J connectivity index is 1.84. The van der Waals surface area contributed by atoms with E-state index in [1.807, 2.05) is 10.8 Å². The smallest absolute Gasteiger partial charge is 0.242 e. The van der Waals surface area contributed by atoms with Gasteiger partial charge in [0.1, 0.15) is 4.90 Å². The van der Waals surface area contributed by atoms with Crippen molar-refractivity contribution in [2.75, 3.05) is 6.54 Å². The topological polar surface area (TPSA) is 64.0 Å². The Hall–Kier alpha value is -0.890. The number of nitrogens with zero attached hydrogens (tertiary/aromatic N) is 2. The van der Waals surface area contributed by atoms with E-state index in [1.165, 1.54) is 6.07 Å². The molecule has 2 aromatic rings. The van der Waals surface area contributed by atoms with Gasteiger partial charge in [0.15, 0.2) is 0 Å². The SMILES string of the molecule is O=S(=O)(NCCCCn1ccnc1)c1ccc(Br)cc1Cl. The maximum Gasteiger partial charge on any atom is 0.242 e. The van der Waals surface area contributed by atoms with E-state index in [4.69, 9.17) is 11.6 Å². The molecule has 0 aliphatic carbocycles. The summed E-state index contributed by atoms with van der Waals surface area (Å²) < 4.78 is 29.5. The molecule has 0 fully saturated rings. The van der Waals surface area contributed by atoms with Gasteiger partial charge in [-0.25, -0.2) is 18.1 Å². The van der Waals surface area contributed by atoms with E-state index < -0.39 is 10.0 Å². The Kier molecular flexibility index (Phi) is 5.80. The molecule has 0 aliphatic heterocycles. The largest absolute Gasteiger partial charge is 0.337 e. The zero-order chi connectivity index (χ0) is 15.3. The summed E-state index contributed by atoms with van der Waals surface area (Å²) in [6.45, 7) is 1.20. The minimum atomic E-state index is -3.56. The summed E-state index contributed by atoms with van der Waals surface area (Å²) in [6.07, 6.45) is 6.95. The van der Waals surface area contributed by atoms with Gasteiger partial charge in [0, 0.05) is 30.0 Å². The minimum Gasteiger partial charge on any atom is -0.337 e. The Morgan fingerprint density at radius 2 is 2.14 bits per heavy atom. The van der Waals surface area contributed by atoms with Crippen LogP contribution in [0.15, 0.2) is 46.3 Å². The Morgan fingerprint density at radius 3 is 2.81 bits per heavy atom. The molecule has 0 saturated carbocycles. The number of nitrogens with one attached hydrogen (secondary N) is 1. The molecule has 0 radical (unpaired) electrons. The van der Waals surface area contributed by atoms with E-state index in [1.54, 1.807) is 24.7 Å². The van der Waals surface area contributed by atoms with Gasteiger partial charge in [-0.1, -0.05) is 27.5 Å². The number of aryl methyl sites for hydroxylation is 1. The zero-order valence-electron chi connectivity index (χ0n) is 11.2. The highest BCUT2D eigenvalue weighted by Gasteiger charge is 2.17. The van der Waals surface area contributed by atoms with Crippen LogP contribution in [-0.2, 0) is 16.6 Å². The van der Waals surface area contributed by atoms with Crippen molar-refractivity contribution in [2.24, 2.45) is 0 Å². The normalized spacial score (nSPS) is 11.7. The van der Waals surface area contributed by atoms with Crippen molar-refractivity contribution in [3.8, 4) is 0 Å². The average Bonchev–Trinajstić information content (AvgIpc) is 2.91. The third-order valence-electron chi connectivity index (χ3n) is 2.88. The zero-order valence-corrected chi connectivity index (χ0v) is 14.3. The van der Waals surface area contributed by atoms with Gasteiger partial charge >= 0.3 is 0 Å².